The zero-order chi connectivity index (χ0) is 23.8. The SMILES string of the molecule is Cn1cc(C(=O)Nc2ccc(-c3nc4ccccc4[nH]3)cc2)c(-c2ccc3c(c2)OCCCO3)n1. The minimum Gasteiger partial charge on any atom is -0.490 e. The van der Waals surface area contributed by atoms with Crippen molar-refractivity contribution in [1.29, 1.82) is 0 Å². The summed E-state index contributed by atoms with van der Waals surface area (Å²) in [5.41, 5.74) is 5.37. The van der Waals surface area contributed by atoms with Crippen molar-refractivity contribution in [1.82, 2.24) is 19.7 Å². The molecule has 0 unspecified atom stereocenters. The predicted molar refractivity (Wildman–Crippen MR) is 134 cm³/mol. The van der Waals surface area contributed by atoms with Crippen molar-refractivity contribution in [3.63, 3.8) is 0 Å². The molecule has 0 radical (unpaired) electrons. The number of anilines is 1. The third-order valence-corrected chi connectivity index (χ3v) is 5.90. The smallest absolute Gasteiger partial charge is 0.259 e. The Labute approximate surface area is 201 Å². The summed E-state index contributed by atoms with van der Waals surface area (Å²) in [5.74, 6) is 1.92. The van der Waals surface area contributed by atoms with Crippen molar-refractivity contribution in [3.05, 3.63) is 78.5 Å². The van der Waals surface area contributed by atoms with Gasteiger partial charge in [-0.3, -0.25) is 9.48 Å². The molecule has 3 aromatic carbocycles. The summed E-state index contributed by atoms with van der Waals surface area (Å²) in [6.07, 6.45) is 2.55. The lowest BCUT2D eigenvalue weighted by Crippen LogP contribution is -2.12. The number of benzene rings is 3. The second-order valence-electron chi connectivity index (χ2n) is 8.41. The van der Waals surface area contributed by atoms with E-state index in [-0.39, 0.29) is 5.91 Å². The Morgan fingerprint density at radius 2 is 1.74 bits per heavy atom. The van der Waals surface area contributed by atoms with Gasteiger partial charge in [0.15, 0.2) is 11.5 Å². The van der Waals surface area contributed by atoms with Crippen LogP contribution in [0, 0.1) is 0 Å². The molecule has 2 N–H and O–H groups in total. The highest BCUT2D eigenvalue weighted by Crippen LogP contribution is 2.35. The monoisotopic (exact) mass is 465 g/mol. The highest BCUT2D eigenvalue weighted by molar-refractivity contribution is 6.08. The van der Waals surface area contributed by atoms with E-state index in [2.05, 4.69) is 20.4 Å². The number of aryl methyl sites for hydroxylation is 1. The minimum atomic E-state index is -0.239. The average Bonchev–Trinajstić information content (AvgIpc) is 3.40. The fraction of sp³-hybridized carbons (Fsp3) is 0.148. The van der Waals surface area contributed by atoms with Gasteiger partial charge in [0, 0.05) is 36.5 Å². The molecule has 2 aromatic heterocycles. The Morgan fingerprint density at radius 3 is 2.57 bits per heavy atom. The number of imidazole rings is 1. The van der Waals surface area contributed by atoms with Crippen LogP contribution >= 0.6 is 0 Å². The molecule has 5 aromatic rings. The molecule has 0 fully saturated rings. The summed E-state index contributed by atoms with van der Waals surface area (Å²) in [6, 6.07) is 21.1. The number of ether oxygens (including phenoxy) is 2. The van der Waals surface area contributed by atoms with Gasteiger partial charge in [-0.2, -0.15) is 5.10 Å². The van der Waals surface area contributed by atoms with E-state index in [0.717, 1.165) is 34.4 Å². The Kier molecular flexibility index (Phi) is 5.18. The van der Waals surface area contributed by atoms with Crippen molar-refractivity contribution in [2.45, 2.75) is 6.42 Å². The fourth-order valence-electron chi connectivity index (χ4n) is 4.18. The number of carbonyl (C=O) groups is 1. The maximum atomic E-state index is 13.2. The molecule has 0 aliphatic carbocycles. The maximum Gasteiger partial charge on any atom is 0.259 e. The van der Waals surface area contributed by atoms with Crippen LogP contribution < -0.4 is 14.8 Å². The summed E-state index contributed by atoms with van der Waals surface area (Å²) in [6.45, 7) is 1.22. The Hall–Kier alpha value is -4.59. The van der Waals surface area contributed by atoms with Gasteiger partial charge in [-0.25, -0.2) is 4.98 Å². The molecule has 0 spiro atoms. The van der Waals surface area contributed by atoms with Crippen LogP contribution in [0.5, 0.6) is 11.5 Å². The normalized spacial score (nSPS) is 12.9. The van der Waals surface area contributed by atoms with Crippen molar-refractivity contribution in [2.24, 2.45) is 7.05 Å². The van der Waals surface area contributed by atoms with E-state index in [0.29, 0.717) is 41.7 Å². The fourth-order valence-corrected chi connectivity index (χ4v) is 4.18. The Bertz CT molecular complexity index is 1500. The molecular formula is C27H23N5O3. The van der Waals surface area contributed by atoms with Gasteiger partial charge in [0.05, 0.1) is 29.8 Å². The predicted octanol–water partition coefficient (Wildman–Crippen LogP) is 5.04. The summed E-state index contributed by atoms with van der Waals surface area (Å²) >= 11 is 0. The molecule has 174 valence electrons. The lowest BCUT2D eigenvalue weighted by molar-refractivity contribution is 0.102. The van der Waals surface area contributed by atoms with Crippen LogP contribution in [0.15, 0.2) is 72.9 Å². The van der Waals surface area contributed by atoms with Gasteiger partial charge < -0.3 is 19.8 Å². The molecular weight excluding hydrogens is 442 g/mol. The van der Waals surface area contributed by atoms with Crippen molar-refractivity contribution < 1.29 is 14.3 Å². The van der Waals surface area contributed by atoms with E-state index in [1.54, 1.807) is 17.9 Å². The molecule has 0 atom stereocenters. The van der Waals surface area contributed by atoms with Crippen LogP contribution in [-0.2, 0) is 7.05 Å². The van der Waals surface area contributed by atoms with Crippen LogP contribution in [0.2, 0.25) is 0 Å². The number of nitrogens with zero attached hydrogens (tertiary/aromatic N) is 3. The van der Waals surface area contributed by atoms with E-state index in [9.17, 15) is 4.79 Å². The van der Waals surface area contributed by atoms with Crippen molar-refractivity contribution >= 4 is 22.6 Å². The van der Waals surface area contributed by atoms with Gasteiger partial charge in [-0.15, -0.1) is 0 Å². The van der Waals surface area contributed by atoms with Gasteiger partial charge >= 0.3 is 0 Å². The molecule has 0 bridgehead atoms. The molecule has 1 aliphatic rings. The van der Waals surface area contributed by atoms with Gasteiger partial charge in [0.25, 0.3) is 5.91 Å². The van der Waals surface area contributed by atoms with Gasteiger partial charge in [0.2, 0.25) is 0 Å². The lowest BCUT2D eigenvalue weighted by Gasteiger charge is -2.10. The zero-order valence-corrected chi connectivity index (χ0v) is 19.1. The number of carbonyl (C=O) groups excluding carboxylic acids is 1. The van der Waals surface area contributed by atoms with Crippen LogP contribution in [0.4, 0.5) is 5.69 Å². The molecule has 1 aliphatic heterocycles. The molecule has 3 heterocycles. The number of hydrogen-bond acceptors (Lipinski definition) is 5. The molecule has 35 heavy (non-hydrogen) atoms. The lowest BCUT2D eigenvalue weighted by atomic mass is 10.1. The van der Waals surface area contributed by atoms with E-state index < -0.39 is 0 Å². The number of H-pyrrole nitrogens is 1. The Morgan fingerprint density at radius 1 is 0.971 bits per heavy atom. The molecule has 8 heteroatoms. The second-order valence-corrected chi connectivity index (χ2v) is 8.41. The van der Waals surface area contributed by atoms with E-state index >= 15 is 0 Å². The van der Waals surface area contributed by atoms with E-state index in [1.165, 1.54) is 0 Å². The molecule has 1 amide bonds. The third-order valence-electron chi connectivity index (χ3n) is 5.90. The maximum absolute atomic E-state index is 13.2. The summed E-state index contributed by atoms with van der Waals surface area (Å²) in [4.78, 5) is 21.2. The highest BCUT2D eigenvalue weighted by atomic mass is 16.5. The van der Waals surface area contributed by atoms with Crippen LogP contribution in [0.3, 0.4) is 0 Å². The first-order valence-electron chi connectivity index (χ1n) is 11.4. The Balaban J connectivity index is 1.24. The van der Waals surface area contributed by atoms with Gasteiger partial charge in [0.1, 0.15) is 11.5 Å². The molecule has 6 rings (SSSR count). The molecule has 8 nitrogen and oxygen atoms in total. The second kappa shape index (κ2) is 8.64. The van der Waals surface area contributed by atoms with Crippen molar-refractivity contribution in [2.75, 3.05) is 18.5 Å². The third kappa shape index (κ3) is 4.10. The number of amides is 1. The quantitative estimate of drug-likeness (QED) is 0.388. The first-order valence-corrected chi connectivity index (χ1v) is 11.4. The minimum absolute atomic E-state index is 0.239. The number of fused-ring (bicyclic) bond motifs is 2. The zero-order valence-electron chi connectivity index (χ0n) is 19.1. The number of hydrogen-bond donors (Lipinski definition) is 2. The van der Waals surface area contributed by atoms with Gasteiger partial charge in [-0.1, -0.05) is 12.1 Å². The number of aromatic amines is 1. The highest BCUT2D eigenvalue weighted by Gasteiger charge is 2.20. The number of rotatable bonds is 4. The summed E-state index contributed by atoms with van der Waals surface area (Å²) < 4.78 is 13.2. The molecule has 0 saturated heterocycles. The summed E-state index contributed by atoms with van der Waals surface area (Å²) in [7, 11) is 1.80. The summed E-state index contributed by atoms with van der Waals surface area (Å²) in [5, 5.41) is 7.52. The standard InChI is InChI=1S/C27H23N5O3/c1-32-16-20(25(31-32)18-9-12-23-24(15-18)35-14-4-13-34-23)27(33)28-19-10-7-17(8-11-19)26-29-21-5-2-3-6-22(21)30-26/h2-3,5-12,15-16H,4,13-14H2,1H3,(H,28,33)(H,29,30). The first kappa shape index (κ1) is 21.0. The van der Waals surface area contributed by atoms with E-state index in [4.69, 9.17) is 9.47 Å². The number of aromatic nitrogens is 4. The van der Waals surface area contributed by atoms with E-state index in [1.807, 2.05) is 66.7 Å². The van der Waals surface area contributed by atoms with Crippen molar-refractivity contribution in [3.8, 4) is 34.1 Å². The van der Waals surface area contributed by atoms with Crippen LogP contribution in [0.25, 0.3) is 33.7 Å². The number of para-hydroxylation sites is 2. The van der Waals surface area contributed by atoms with Crippen LogP contribution in [0.1, 0.15) is 16.8 Å². The van der Waals surface area contributed by atoms with Gasteiger partial charge in [-0.05, 0) is 54.6 Å². The van der Waals surface area contributed by atoms with Crippen LogP contribution in [-0.4, -0.2) is 38.9 Å². The molecule has 0 saturated carbocycles. The topological polar surface area (TPSA) is 94.1 Å². The average molecular weight is 466 g/mol. The number of nitrogens with one attached hydrogen (secondary N) is 2. The largest absolute Gasteiger partial charge is 0.490 e. The first-order chi connectivity index (χ1) is 17.1.